The van der Waals surface area contributed by atoms with Gasteiger partial charge in [-0.25, -0.2) is 4.79 Å². The van der Waals surface area contributed by atoms with E-state index >= 15 is 0 Å². The van der Waals surface area contributed by atoms with Gasteiger partial charge in [0.15, 0.2) is 0 Å². The van der Waals surface area contributed by atoms with Gasteiger partial charge in [0.25, 0.3) is 0 Å². The Kier molecular flexibility index (Phi) is 5.53. The lowest BCUT2D eigenvalue weighted by Gasteiger charge is -2.09. The number of carbonyl (C=O) groups is 1. The van der Waals surface area contributed by atoms with Gasteiger partial charge in [-0.15, -0.1) is 0 Å². The van der Waals surface area contributed by atoms with Crippen LogP contribution in [0.3, 0.4) is 0 Å². The fourth-order valence-electron chi connectivity index (χ4n) is 1.42. The Morgan fingerprint density at radius 1 is 1.47 bits per heavy atom. The van der Waals surface area contributed by atoms with Gasteiger partial charge >= 0.3 is 6.09 Å². The Bertz CT molecular complexity index is 361. The van der Waals surface area contributed by atoms with E-state index in [0.29, 0.717) is 12.5 Å². The van der Waals surface area contributed by atoms with Crippen molar-refractivity contribution in [3.63, 3.8) is 0 Å². The summed E-state index contributed by atoms with van der Waals surface area (Å²) in [7, 11) is 0. The summed E-state index contributed by atoms with van der Waals surface area (Å²) in [5.41, 5.74) is 1.92. The highest BCUT2D eigenvalue weighted by Gasteiger charge is 2.04. The van der Waals surface area contributed by atoms with Gasteiger partial charge in [-0.2, -0.15) is 0 Å². The van der Waals surface area contributed by atoms with E-state index in [-0.39, 0.29) is 0 Å². The summed E-state index contributed by atoms with van der Waals surface area (Å²) in [6.07, 6.45) is 1.67. The van der Waals surface area contributed by atoms with Crippen molar-refractivity contribution < 1.29 is 9.53 Å². The number of aryl methyl sites for hydroxylation is 1. The maximum Gasteiger partial charge on any atom is 0.411 e. The van der Waals surface area contributed by atoms with Crippen LogP contribution in [-0.2, 0) is 11.2 Å². The van der Waals surface area contributed by atoms with Crippen molar-refractivity contribution in [2.75, 3.05) is 11.9 Å². The summed E-state index contributed by atoms with van der Waals surface area (Å²) >= 11 is 0. The van der Waals surface area contributed by atoms with Gasteiger partial charge in [0.05, 0.1) is 6.61 Å². The van der Waals surface area contributed by atoms with Crippen molar-refractivity contribution in [3.8, 4) is 0 Å². The van der Waals surface area contributed by atoms with Gasteiger partial charge in [0.2, 0.25) is 0 Å². The van der Waals surface area contributed by atoms with Crippen LogP contribution in [0, 0.1) is 12.0 Å². The van der Waals surface area contributed by atoms with Gasteiger partial charge < -0.3 is 4.74 Å². The molecule has 0 aliphatic heterocycles. The first-order valence-corrected chi connectivity index (χ1v) is 6.05. The summed E-state index contributed by atoms with van der Waals surface area (Å²) in [5.74, 6) is 0.346. The number of nitrogens with one attached hydrogen (secondary N) is 1. The van der Waals surface area contributed by atoms with Crippen molar-refractivity contribution in [2.24, 2.45) is 5.92 Å². The van der Waals surface area contributed by atoms with E-state index in [1.165, 1.54) is 5.56 Å². The molecule has 1 rings (SSSR count). The summed E-state index contributed by atoms with van der Waals surface area (Å²) in [6.45, 7) is 6.56. The molecule has 1 aromatic rings. The van der Waals surface area contributed by atoms with Crippen LogP contribution in [-0.4, -0.2) is 12.7 Å². The number of rotatable bonds is 5. The normalized spacial score (nSPS) is 10.4. The molecule has 3 nitrogen and oxygen atoms in total. The molecule has 1 N–H and O–H groups in total. The lowest BCUT2D eigenvalue weighted by molar-refractivity contribution is 0.147. The zero-order valence-electron chi connectivity index (χ0n) is 10.7. The monoisotopic (exact) mass is 234 g/mol. The second-order valence-corrected chi connectivity index (χ2v) is 4.50. The van der Waals surface area contributed by atoms with Crippen molar-refractivity contribution in [3.05, 3.63) is 29.8 Å². The molecule has 0 aliphatic rings. The molecular formula is C14H20NO2. The molecule has 0 unspecified atom stereocenters. The first-order chi connectivity index (χ1) is 8.11. The van der Waals surface area contributed by atoms with E-state index in [2.05, 4.69) is 18.3 Å². The van der Waals surface area contributed by atoms with Crippen molar-refractivity contribution in [1.29, 1.82) is 0 Å². The largest absolute Gasteiger partial charge is 0.449 e. The second-order valence-electron chi connectivity index (χ2n) is 4.50. The molecule has 0 atom stereocenters. The predicted octanol–water partition coefficient (Wildman–Crippen LogP) is 3.64. The molecule has 93 valence electrons. The Hall–Kier alpha value is -1.51. The molecule has 0 heterocycles. The van der Waals surface area contributed by atoms with Crippen molar-refractivity contribution in [2.45, 2.75) is 33.6 Å². The van der Waals surface area contributed by atoms with E-state index in [1.54, 1.807) is 6.07 Å². The van der Waals surface area contributed by atoms with E-state index in [0.717, 1.165) is 18.5 Å². The first kappa shape index (κ1) is 13.6. The molecule has 0 spiro atoms. The van der Waals surface area contributed by atoms with E-state index in [1.807, 2.05) is 26.0 Å². The zero-order chi connectivity index (χ0) is 12.7. The molecule has 0 fully saturated rings. The SMILES string of the molecule is CCCc1c[c]cc(NC(=O)OCC(C)C)c1. The Labute approximate surface area is 103 Å². The number of anilines is 1. The Morgan fingerprint density at radius 3 is 2.88 bits per heavy atom. The second kappa shape index (κ2) is 6.94. The maximum atomic E-state index is 11.4. The number of amides is 1. The molecule has 0 bridgehead atoms. The first-order valence-electron chi connectivity index (χ1n) is 6.05. The molecular weight excluding hydrogens is 214 g/mol. The molecule has 0 saturated heterocycles. The van der Waals surface area contributed by atoms with Gasteiger partial charge in [0, 0.05) is 5.69 Å². The van der Waals surface area contributed by atoms with Crippen LogP contribution in [0.25, 0.3) is 0 Å². The minimum absolute atomic E-state index is 0.346. The minimum atomic E-state index is -0.402. The van der Waals surface area contributed by atoms with Crippen LogP contribution in [0.15, 0.2) is 18.2 Å². The highest BCUT2D eigenvalue weighted by Crippen LogP contribution is 2.12. The van der Waals surface area contributed by atoms with Crippen molar-refractivity contribution in [1.82, 2.24) is 0 Å². The zero-order valence-corrected chi connectivity index (χ0v) is 10.7. The highest BCUT2D eigenvalue weighted by molar-refractivity contribution is 5.84. The quantitative estimate of drug-likeness (QED) is 0.844. The molecule has 17 heavy (non-hydrogen) atoms. The maximum absolute atomic E-state index is 11.4. The third-order valence-corrected chi connectivity index (χ3v) is 2.18. The minimum Gasteiger partial charge on any atom is -0.449 e. The van der Waals surface area contributed by atoms with Crippen LogP contribution in [0.2, 0.25) is 0 Å². The van der Waals surface area contributed by atoms with E-state index in [9.17, 15) is 4.79 Å². The van der Waals surface area contributed by atoms with Crippen molar-refractivity contribution >= 4 is 11.8 Å². The Morgan fingerprint density at radius 2 is 2.24 bits per heavy atom. The van der Waals surface area contributed by atoms with E-state index in [4.69, 9.17) is 4.74 Å². The molecule has 3 heteroatoms. The molecule has 1 aromatic carbocycles. The fourth-order valence-corrected chi connectivity index (χ4v) is 1.42. The lowest BCUT2D eigenvalue weighted by Crippen LogP contribution is -2.16. The third kappa shape index (κ3) is 5.38. The van der Waals surface area contributed by atoms with E-state index < -0.39 is 6.09 Å². The topological polar surface area (TPSA) is 38.3 Å². The summed E-state index contributed by atoms with van der Waals surface area (Å²) < 4.78 is 5.04. The summed E-state index contributed by atoms with van der Waals surface area (Å²) in [4.78, 5) is 11.4. The highest BCUT2D eigenvalue weighted by atomic mass is 16.5. The standard InChI is InChI=1S/C14H20NO2/c1-4-6-12-7-5-8-13(9-12)15-14(16)17-10-11(2)3/h7-9,11H,4,6,10H2,1-3H3,(H,15,16). The van der Waals surface area contributed by atoms with Gasteiger partial charge in [-0.3, -0.25) is 5.32 Å². The Balaban J connectivity index is 2.50. The number of hydrogen-bond acceptors (Lipinski definition) is 2. The van der Waals surface area contributed by atoms with Gasteiger partial charge in [-0.1, -0.05) is 33.3 Å². The molecule has 1 amide bonds. The van der Waals surface area contributed by atoms with Gasteiger partial charge in [0.1, 0.15) is 0 Å². The van der Waals surface area contributed by atoms with Crippen LogP contribution in [0.5, 0.6) is 0 Å². The number of hydrogen-bond donors (Lipinski definition) is 1. The average molecular weight is 234 g/mol. The van der Waals surface area contributed by atoms with Crippen LogP contribution < -0.4 is 5.32 Å². The smallest absolute Gasteiger partial charge is 0.411 e. The lowest BCUT2D eigenvalue weighted by atomic mass is 10.1. The average Bonchev–Trinajstić information content (AvgIpc) is 2.27. The number of benzene rings is 1. The molecule has 1 radical (unpaired) electrons. The van der Waals surface area contributed by atoms with Crippen LogP contribution in [0.1, 0.15) is 32.8 Å². The summed E-state index contributed by atoms with van der Waals surface area (Å²) in [5, 5.41) is 2.70. The fraction of sp³-hybridized carbons (Fsp3) is 0.500. The number of carbonyl (C=O) groups excluding carboxylic acids is 1. The summed E-state index contributed by atoms with van der Waals surface area (Å²) in [6, 6.07) is 8.65. The van der Waals surface area contributed by atoms with Crippen LogP contribution in [0.4, 0.5) is 10.5 Å². The van der Waals surface area contributed by atoms with Crippen LogP contribution >= 0.6 is 0 Å². The van der Waals surface area contributed by atoms with Gasteiger partial charge in [-0.05, 0) is 36.1 Å². The number of ether oxygens (including phenoxy) is 1. The third-order valence-electron chi connectivity index (χ3n) is 2.18. The molecule has 0 aliphatic carbocycles. The molecule has 0 saturated carbocycles. The molecule has 0 aromatic heterocycles. The predicted molar refractivity (Wildman–Crippen MR) is 69.1 cm³/mol.